The third kappa shape index (κ3) is 3.67. The van der Waals surface area contributed by atoms with Crippen LogP contribution in [0.2, 0.25) is 0 Å². The summed E-state index contributed by atoms with van der Waals surface area (Å²) in [7, 11) is 0. The Morgan fingerprint density at radius 3 is 2.72 bits per heavy atom. The van der Waals surface area contributed by atoms with Gasteiger partial charge in [-0.3, -0.25) is 0 Å². The van der Waals surface area contributed by atoms with Gasteiger partial charge in [0.2, 0.25) is 0 Å². The fraction of sp³-hybridized carbons (Fsp3) is 0.714. The lowest BCUT2D eigenvalue weighted by Crippen LogP contribution is -2.39. The number of piperidine rings is 1. The molecule has 0 unspecified atom stereocenters. The molecule has 1 aliphatic heterocycles. The van der Waals surface area contributed by atoms with E-state index in [0.717, 1.165) is 24.4 Å². The molecule has 0 radical (unpaired) electrons. The monoisotopic (exact) mass is 248 g/mol. The van der Waals surface area contributed by atoms with E-state index in [0.29, 0.717) is 6.04 Å². The van der Waals surface area contributed by atoms with Crippen molar-refractivity contribution in [3.8, 4) is 0 Å². The Labute approximate surface area is 110 Å². The van der Waals surface area contributed by atoms with E-state index in [1.807, 2.05) is 0 Å². The zero-order chi connectivity index (χ0) is 12.8. The first-order chi connectivity index (χ1) is 8.81. The molecule has 1 aliphatic rings. The number of rotatable bonds is 5. The predicted molar refractivity (Wildman–Crippen MR) is 74.8 cm³/mol. The molecule has 0 atom stereocenters. The molecular formula is C14H24N4. The molecule has 1 fully saturated rings. The quantitative estimate of drug-likeness (QED) is 0.868. The Morgan fingerprint density at radius 2 is 2.06 bits per heavy atom. The van der Waals surface area contributed by atoms with Gasteiger partial charge < -0.3 is 10.2 Å². The maximum absolute atomic E-state index is 4.32. The number of nitrogens with zero attached hydrogens (tertiary/aromatic N) is 3. The molecule has 4 heteroatoms. The maximum atomic E-state index is 4.32. The van der Waals surface area contributed by atoms with Crippen molar-refractivity contribution in [1.82, 2.24) is 14.9 Å². The lowest BCUT2D eigenvalue weighted by molar-refractivity contribution is 0.229. The normalized spacial score (nSPS) is 17.9. The van der Waals surface area contributed by atoms with Gasteiger partial charge >= 0.3 is 0 Å². The standard InChI is InChI=1S/C14H24N4/c1-3-5-13-10-14(16-11-15-13)17-12-6-8-18(4-2)9-7-12/h10-12H,3-9H2,1-2H3,(H,15,16,17). The zero-order valence-corrected chi connectivity index (χ0v) is 11.5. The van der Waals surface area contributed by atoms with Crippen LogP contribution < -0.4 is 5.32 Å². The minimum absolute atomic E-state index is 0.567. The zero-order valence-electron chi connectivity index (χ0n) is 11.5. The Hall–Kier alpha value is -1.16. The van der Waals surface area contributed by atoms with E-state index in [2.05, 4.69) is 40.1 Å². The van der Waals surface area contributed by atoms with Crippen LogP contribution in [0.5, 0.6) is 0 Å². The summed E-state index contributed by atoms with van der Waals surface area (Å²) >= 11 is 0. The SMILES string of the molecule is CCCc1cc(NC2CCN(CC)CC2)ncn1. The number of likely N-dealkylation sites (tertiary alicyclic amines) is 1. The number of nitrogens with one attached hydrogen (secondary N) is 1. The van der Waals surface area contributed by atoms with E-state index in [4.69, 9.17) is 0 Å². The minimum Gasteiger partial charge on any atom is -0.367 e. The van der Waals surface area contributed by atoms with Crippen LogP contribution in [-0.4, -0.2) is 40.5 Å². The van der Waals surface area contributed by atoms with Crippen molar-refractivity contribution in [2.45, 2.75) is 45.6 Å². The van der Waals surface area contributed by atoms with Crippen LogP contribution in [0.25, 0.3) is 0 Å². The number of aromatic nitrogens is 2. The molecule has 1 saturated heterocycles. The van der Waals surface area contributed by atoms with Crippen LogP contribution in [0.1, 0.15) is 38.8 Å². The second-order valence-electron chi connectivity index (χ2n) is 5.00. The lowest BCUT2D eigenvalue weighted by atomic mass is 10.1. The molecular weight excluding hydrogens is 224 g/mol. The summed E-state index contributed by atoms with van der Waals surface area (Å²) in [5.41, 5.74) is 1.14. The molecule has 0 aromatic carbocycles. The second kappa shape index (κ2) is 6.69. The summed E-state index contributed by atoms with van der Waals surface area (Å²) in [5, 5.41) is 3.55. The van der Waals surface area contributed by atoms with E-state index in [9.17, 15) is 0 Å². The number of hydrogen-bond acceptors (Lipinski definition) is 4. The highest BCUT2D eigenvalue weighted by molar-refractivity contribution is 5.36. The van der Waals surface area contributed by atoms with Gasteiger partial charge in [-0.1, -0.05) is 20.3 Å². The Morgan fingerprint density at radius 1 is 1.28 bits per heavy atom. The summed E-state index contributed by atoms with van der Waals surface area (Å²) in [4.78, 5) is 11.1. The topological polar surface area (TPSA) is 41.0 Å². The van der Waals surface area contributed by atoms with Gasteiger partial charge in [0.1, 0.15) is 12.1 Å². The Balaban J connectivity index is 1.87. The summed E-state index contributed by atoms with van der Waals surface area (Å²) in [6.45, 7) is 7.97. The van der Waals surface area contributed by atoms with E-state index in [-0.39, 0.29) is 0 Å². The highest BCUT2D eigenvalue weighted by Crippen LogP contribution is 2.15. The van der Waals surface area contributed by atoms with Crippen molar-refractivity contribution in [2.75, 3.05) is 25.0 Å². The van der Waals surface area contributed by atoms with Crippen molar-refractivity contribution >= 4 is 5.82 Å². The van der Waals surface area contributed by atoms with Crippen molar-refractivity contribution < 1.29 is 0 Å². The number of aryl methyl sites for hydroxylation is 1. The van der Waals surface area contributed by atoms with Gasteiger partial charge in [0.05, 0.1) is 0 Å². The first-order valence-electron chi connectivity index (χ1n) is 7.11. The molecule has 1 aromatic heterocycles. The molecule has 100 valence electrons. The molecule has 1 N–H and O–H groups in total. The summed E-state index contributed by atoms with van der Waals surface area (Å²) in [6.07, 6.45) is 6.26. The highest BCUT2D eigenvalue weighted by atomic mass is 15.1. The van der Waals surface area contributed by atoms with Crippen LogP contribution in [0.4, 0.5) is 5.82 Å². The van der Waals surface area contributed by atoms with Gasteiger partial charge in [0.15, 0.2) is 0 Å². The number of anilines is 1. The number of hydrogen-bond donors (Lipinski definition) is 1. The Bertz CT molecular complexity index is 359. The van der Waals surface area contributed by atoms with E-state index in [1.165, 1.54) is 32.5 Å². The summed E-state index contributed by atoms with van der Waals surface area (Å²) in [5.74, 6) is 0.989. The fourth-order valence-corrected chi connectivity index (χ4v) is 2.47. The molecule has 4 nitrogen and oxygen atoms in total. The van der Waals surface area contributed by atoms with Crippen molar-refractivity contribution in [3.05, 3.63) is 18.1 Å². The molecule has 2 heterocycles. The predicted octanol–water partition coefficient (Wildman–Crippen LogP) is 2.33. The molecule has 0 spiro atoms. The van der Waals surface area contributed by atoms with Crippen LogP contribution in [0, 0.1) is 0 Å². The van der Waals surface area contributed by atoms with Crippen molar-refractivity contribution in [3.63, 3.8) is 0 Å². The van der Waals surface area contributed by atoms with Gasteiger partial charge in [-0.15, -0.1) is 0 Å². The second-order valence-corrected chi connectivity index (χ2v) is 5.00. The van der Waals surface area contributed by atoms with Crippen molar-refractivity contribution in [2.24, 2.45) is 0 Å². The first kappa shape index (κ1) is 13.3. The van der Waals surface area contributed by atoms with Crippen LogP contribution >= 0.6 is 0 Å². The summed E-state index contributed by atoms with van der Waals surface area (Å²) < 4.78 is 0. The largest absolute Gasteiger partial charge is 0.367 e. The average molecular weight is 248 g/mol. The Kier molecular flexibility index (Phi) is 4.93. The molecule has 1 aromatic rings. The van der Waals surface area contributed by atoms with E-state index < -0.39 is 0 Å². The highest BCUT2D eigenvalue weighted by Gasteiger charge is 2.18. The van der Waals surface area contributed by atoms with Crippen molar-refractivity contribution in [1.29, 1.82) is 0 Å². The van der Waals surface area contributed by atoms with Gasteiger partial charge in [-0.25, -0.2) is 9.97 Å². The lowest BCUT2D eigenvalue weighted by Gasteiger charge is -2.31. The average Bonchev–Trinajstić information content (AvgIpc) is 2.40. The smallest absolute Gasteiger partial charge is 0.129 e. The molecule has 0 aliphatic carbocycles. The molecule has 18 heavy (non-hydrogen) atoms. The van der Waals surface area contributed by atoms with E-state index in [1.54, 1.807) is 6.33 Å². The van der Waals surface area contributed by atoms with Gasteiger partial charge in [0.25, 0.3) is 0 Å². The first-order valence-corrected chi connectivity index (χ1v) is 7.11. The molecule has 0 saturated carbocycles. The molecule has 0 bridgehead atoms. The third-order valence-corrected chi connectivity index (χ3v) is 3.62. The maximum Gasteiger partial charge on any atom is 0.129 e. The third-order valence-electron chi connectivity index (χ3n) is 3.62. The molecule has 2 rings (SSSR count). The van der Waals surface area contributed by atoms with Gasteiger partial charge in [-0.2, -0.15) is 0 Å². The van der Waals surface area contributed by atoms with E-state index >= 15 is 0 Å². The van der Waals surface area contributed by atoms with Crippen LogP contribution in [0.15, 0.2) is 12.4 Å². The van der Waals surface area contributed by atoms with Crippen LogP contribution in [-0.2, 0) is 6.42 Å². The fourth-order valence-electron chi connectivity index (χ4n) is 2.47. The van der Waals surface area contributed by atoms with Gasteiger partial charge in [-0.05, 0) is 25.8 Å². The summed E-state index contributed by atoms with van der Waals surface area (Å²) in [6, 6.07) is 2.66. The molecule has 0 amide bonds. The van der Waals surface area contributed by atoms with Gasteiger partial charge in [0, 0.05) is 30.9 Å². The minimum atomic E-state index is 0.567. The van der Waals surface area contributed by atoms with Crippen LogP contribution in [0.3, 0.4) is 0 Å².